The molecule has 17 heavy (non-hydrogen) atoms. The molecule has 1 heterocycles. The maximum absolute atomic E-state index is 13.9. The van der Waals surface area contributed by atoms with E-state index >= 15 is 0 Å². The van der Waals surface area contributed by atoms with Crippen LogP contribution in [0, 0.1) is 12.7 Å². The first-order valence-electron chi connectivity index (χ1n) is 6.01. The first-order valence-corrected chi connectivity index (χ1v) is 6.01. The molecule has 0 spiro atoms. The van der Waals surface area contributed by atoms with Crippen molar-refractivity contribution in [3.63, 3.8) is 0 Å². The van der Waals surface area contributed by atoms with Crippen LogP contribution < -0.4 is 0 Å². The molecule has 1 fully saturated rings. The third-order valence-corrected chi connectivity index (χ3v) is 3.77. The van der Waals surface area contributed by atoms with Crippen LogP contribution in [0.1, 0.15) is 18.0 Å². The molecule has 1 aliphatic rings. The van der Waals surface area contributed by atoms with E-state index in [1.807, 2.05) is 31.3 Å². The lowest BCUT2D eigenvalue weighted by molar-refractivity contribution is 0.377. The molecule has 0 saturated heterocycles. The Morgan fingerprint density at radius 2 is 2.06 bits per heavy atom. The first-order chi connectivity index (χ1) is 8.09. The van der Waals surface area contributed by atoms with E-state index in [0.29, 0.717) is 12.1 Å². The Morgan fingerprint density at radius 1 is 1.29 bits per heavy atom. The summed E-state index contributed by atoms with van der Waals surface area (Å²) in [5.74, 6) is -0.0803. The Hall–Kier alpha value is -1.35. The second-order valence-electron chi connectivity index (χ2n) is 5.19. The van der Waals surface area contributed by atoms with Gasteiger partial charge in [0.15, 0.2) is 0 Å². The van der Waals surface area contributed by atoms with Gasteiger partial charge in [0.2, 0.25) is 0 Å². The highest BCUT2D eigenvalue weighted by atomic mass is 19.1. The first kappa shape index (κ1) is 10.8. The van der Waals surface area contributed by atoms with Crippen molar-refractivity contribution in [3.8, 4) is 0 Å². The van der Waals surface area contributed by atoms with Crippen molar-refractivity contribution in [1.82, 2.24) is 9.47 Å². The van der Waals surface area contributed by atoms with Crippen molar-refractivity contribution in [2.75, 3.05) is 14.1 Å². The number of fused-ring (bicyclic) bond motifs is 1. The van der Waals surface area contributed by atoms with Crippen LogP contribution in [0.2, 0.25) is 0 Å². The molecule has 3 rings (SSSR count). The molecule has 3 heteroatoms. The van der Waals surface area contributed by atoms with Crippen LogP contribution in [0.25, 0.3) is 10.9 Å². The summed E-state index contributed by atoms with van der Waals surface area (Å²) in [6.07, 6.45) is 3.17. The topological polar surface area (TPSA) is 8.17 Å². The molecule has 2 unspecified atom stereocenters. The van der Waals surface area contributed by atoms with Gasteiger partial charge in [-0.3, -0.25) is 0 Å². The van der Waals surface area contributed by atoms with Gasteiger partial charge in [0.25, 0.3) is 0 Å². The molecule has 0 amide bonds. The van der Waals surface area contributed by atoms with Crippen molar-refractivity contribution in [1.29, 1.82) is 0 Å². The van der Waals surface area contributed by atoms with Crippen molar-refractivity contribution >= 4 is 10.9 Å². The minimum Gasteiger partial charge on any atom is -0.343 e. The van der Waals surface area contributed by atoms with E-state index in [2.05, 4.69) is 23.6 Å². The van der Waals surface area contributed by atoms with Crippen molar-refractivity contribution < 1.29 is 4.39 Å². The zero-order valence-electron chi connectivity index (χ0n) is 10.4. The molecule has 2 aromatic rings. The highest BCUT2D eigenvalue weighted by Gasteiger charge is 2.40. The van der Waals surface area contributed by atoms with E-state index in [9.17, 15) is 4.39 Å². The van der Waals surface area contributed by atoms with Crippen LogP contribution in [0.15, 0.2) is 24.4 Å². The fraction of sp³-hybridized carbons (Fsp3) is 0.429. The van der Waals surface area contributed by atoms with Crippen LogP contribution in [0.3, 0.4) is 0 Å². The predicted molar refractivity (Wildman–Crippen MR) is 67.8 cm³/mol. The van der Waals surface area contributed by atoms with Crippen LogP contribution >= 0.6 is 0 Å². The SMILES string of the molecule is Cc1ccc2c(ccn2C2CC2N(C)C)c1F. The second kappa shape index (κ2) is 3.57. The van der Waals surface area contributed by atoms with Crippen LogP contribution in [-0.4, -0.2) is 29.6 Å². The average molecular weight is 232 g/mol. The van der Waals surface area contributed by atoms with Gasteiger partial charge in [0.1, 0.15) is 5.82 Å². The van der Waals surface area contributed by atoms with E-state index in [1.165, 1.54) is 0 Å². The fourth-order valence-corrected chi connectivity index (χ4v) is 2.62. The van der Waals surface area contributed by atoms with E-state index < -0.39 is 0 Å². The van der Waals surface area contributed by atoms with Crippen molar-refractivity contribution in [2.45, 2.75) is 25.4 Å². The molecule has 0 N–H and O–H groups in total. The van der Waals surface area contributed by atoms with Gasteiger partial charge in [-0.05, 0) is 45.1 Å². The fourth-order valence-electron chi connectivity index (χ4n) is 2.62. The minimum atomic E-state index is -0.0803. The lowest BCUT2D eigenvalue weighted by Crippen LogP contribution is -2.17. The number of aryl methyl sites for hydroxylation is 1. The van der Waals surface area contributed by atoms with Crippen LogP contribution in [0.4, 0.5) is 4.39 Å². The summed E-state index contributed by atoms with van der Waals surface area (Å²) in [4.78, 5) is 2.24. The van der Waals surface area contributed by atoms with E-state index in [0.717, 1.165) is 22.9 Å². The molecule has 2 nitrogen and oxygen atoms in total. The lowest BCUT2D eigenvalue weighted by atomic mass is 10.1. The summed E-state index contributed by atoms with van der Waals surface area (Å²) in [5, 5.41) is 0.745. The minimum absolute atomic E-state index is 0.0803. The molecule has 1 aliphatic carbocycles. The Kier molecular flexibility index (Phi) is 2.26. The second-order valence-corrected chi connectivity index (χ2v) is 5.19. The Labute approximate surface area is 101 Å². The lowest BCUT2D eigenvalue weighted by Gasteiger charge is -2.10. The average Bonchev–Trinajstić information content (AvgIpc) is 2.97. The molecule has 0 bridgehead atoms. The largest absolute Gasteiger partial charge is 0.343 e. The number of likely N-dealkylation sites (N-methyl/N-ethyl adjacent to an activating group) is 1. The zero-order valence-corrected chi connectivity index (χ0v) is 10.4. The van der Waals surface area contributed by atoms with Gasteiger partial charge in [-0.2, -0.15) is 0 Å². The summed E-state index contributed by atoms with van der Waals surface area (Å²) < 4.78 is 16.1. The standard InChI is InChI=1S/C14H17FN2/c1-9-4-5-11-10(14(9)15)6-7-17(11)13-8-12(13)16(2)3/h4-7,12-13H,8H2,1-3H3. The molecule has 1 saturated carbocycles. The molecule has 2 atom stereocenters. The van der Waals surface area contributed by atoms with Gasteiger partial charge >= 0.3 is 0 Å². The highest BCUT2D eigenvalue weighted by molar-refractivity contribution is 5.82. The van der Waals surface area contributed by atoms with Gasteiger partial charge in [-0.25, -0.2) is 4.39 Å². The quantitative estimate of drug-likeness (QED) is 0.773. The molecular weight excluding hydrogens is 215 g/mol. The van der Waals surface area contributed by atoms with Gasteiger partial charge in [-0.1, -0.05) is 6.07 Å². The Balaban J connectivity index is 2.06. The zero-order chi connectivity index (χ0) is 12.2. The third kappa shape index (κ3) is 1.57. The van der Waals surface area contributed by atoms with Gasteiger partial charge in [0, 0.05) is 17.6 Å². The maximum atomic E-state index is 13.9. The number of benzene rings is 1. The highest BCUT2D eigenvalue weighted by Crippen LogP contribution is 2.41. The summed E-state index contributed by atoms with van der Waals surface area (Å²) in [6, 6.07) is 6.88. The monoisotopic (exact) mass is 232 g/mol. The van der Waals surface area contributed by atoms with E-state index in [-0.39, 0.29) is 5.82 Å². The molecule has 0 aliphatic heterocycles. The summed E-state index contributed by atoms with van der Waals surface area (Å²) in [6.45, 7) is 1.81. The molecule has 1 aromatic carbocycles. The predicted octanol–water partition coefficient (Wildman–Crippen LogP) is 2.96. The molecule has 1 aromatic heterocycles. The maximum Gasteiger partial charge on any atom is 0.135 e. The van der Waals surface area contributed by atoms with Gasteiger partial charge in [-0.15, -0.1) is 0 Å². The van der Waals surface area contributed by atoms with Crippen LogP contribution in [-0.2, 0) is 0 Å². The number of hydrogen-bond acceptors (Lipinski definition) is 1. The number of hydrogen-bond donors (Lipinski definition) is 0. The molecular formula is C14H17FN2. The summed E-state index contributed by atoms with van der Waals surface area (Å²) in [5.41, 5.74) is 1.73. The third-order valence-electron chi connectivity index (χ3n) is 3.77. The van der Waals surface area contributed by atoms with E-state index in [1.54, 1.807) is 0 Å². The summed E-state index contributed by atoms with van der Waals surface area (Å²) >= 11 is 0. The van der Waals surface area contributed by atoms with Crippen molar-refractivity contribution in [2.24, 2.45) is 0 Å². The van der Waals surface area contributed by atoms with Gasteiger partial charge < -0.3 is 9.47 Å². The normalized spacial score (nSPS) is 23.6. The number of halogens is 1. The molecule has 0 radical (unpaired) electrons. The van der Waals surface area contributed by atoms with Gasteiger partial charge in [0.05, 0.1) is 11.6 Å². The number of rotatable bonds is 2. The van der Waals surface area contributed by atoms with Crippen molar-refractivity contribution in [3.05, 3.63) is 35.8 Å². The molecule has 90 valence electrons. The van der Waals surface area contributed by atoms with E-state index in [4.69, 9.17) is 0 Å². The summed E-state index contributed by atoms with van der Waals surface area (Å²) in [7, 11) is 4.20. The smallest absolute Gasteiger partial charge is 0.135 e. The number of aromatic nitrogens is 1. The number of nitrogens with zero attached hydrogens (tertiary/aromatic N) is 2. The Bertz CT molecular complexity index is 571. The van der Waals surface area contributed by atoms with Crippen LogP contribution in [0.5, 0.6) is 0 Å². The Morgan fingerprint density at radius 3 is 2.71 bits per heavy atom.